The Morgan fingerprint density at radius 2 is 1.56 bits per heavy atom. The Morgan fingerprint density at radius 3 is 2.21 bits per heavy atom. The van der Waals surface area contributed by atoms with Crippen LogP contribution in [0.15, 0.2) is 54.6 Å². The molecule has 1 N–H and O–H groups in total. The second kappa shape index (κ2) is 12.0. The number of carbonyl (C=O) groups is 2. The molecule has 2 saturated heterocycles. The molecule has 182 valence electrons. The highest BCUT2D eigenvalue weighted by atomic mass is 16.5. The Bertz CT molecular complexity index is 916. The van der Waals surface area contributed by atoms with Crippen LogP contribution in [0.5, 0.6) is 5.75 Å². The maximum atomic E-state index is 12.7. The third-order valence-electron chi connectivity index (χ3n) is 7.30. The van der Waals surface area contributed by atoms with Gasteiger partial charge in [0.05, 0.1) is 13.5 Å². The van der Waals surface area contributed by atoms with E-state index in [2.05, 4.69) is 22.3 Å². The number of methoxy groups -OCH3 is 1. The topological polar surface area (TPSA) is 61.9 Å². The number of hydrogen-bond acceptors (Lipinski definition) is 4. The van der Waals surface area contributed by atoms with E-state index in [9.17, 15) is 9.59 Å². The van der Waals surface area contributed by atoms with Gasteiger partial charge in [0.2, 0.25) is 11.8 Å². The van der Waals surface area contributed by atoms with Crippen LogP contribution in [0.1, 0.15) is 36.8 Å². The number of nitrogens with zero attached hydrogens (tertiary/aromatic N) is 2. The number of piperidine rings is 2. The second-order valence-electron chi connectivity index (χ2n) is 9.47. The third kappa shape index (κ3) is 6.60. The number of carbonyl (C=O) groups excluding carboxylic acids is 2. The van der Waals surface area contributed by atoms with Crippen LogP contribution < -0.4 is 10.1 Å². The van der Waals surface area contributed by atoms with Crippen molar-refractivity contribution in [3.05, 3.63) is 65.7 Å². The van der Waals surface area contributed by atoms with Gasteiger partial charge < -0.3 is 19.9 Å². The van der Waals surface area contributed by atoms with Crippen molar-refractivity contribution in [2.75, 3.05) is 39.8 Å². The lowest BCUT2D eigenvalue weighted by atomic mass is 9.92. The van der Waals surface area contributed by atoms with Crippen LogP contribution in [0.25, 0.3) is 0 Å². The van der Waals surface area contributed by atoms with E-state index in [0.717, 1.165) is 69.6 Å². The van der Waals surface area contributed by atoms with E-state index in [0.29, 0.717) is 19.0 Å². The van der Waals surface area contributed by atoms with Crippen LogP contribution in [0.4, 0.5) is 0 Å². The molecule has 0 saturated carbocycles. The largest absolute Gasteiger partial charge is 0.497 e. The number of hydrogen-bond donors (Lipinski definition) is 1. The molecule has 0 atom stereocenters. The first kappa shape index (κ1) is 24.3. The van der Waals surface area contributed by atoms with Gasteiger partial charge in [-0.1, -0.05) is 42.5 Å². The molecule has 0 spiro atoms. The minimum Gasteiger partial charge on any atom is -0.497 e. The van der Waals surface area contributed by atoms with Crippen LogP contribution in [0.2, 0.25) is 0 Å². The maximum Gasteiger partial charge on any atom is 0.226 e. The molecular formula is C28H37N3O3. The van der Waals surface area contributed by atoms with Crippen molar-refractivity contribution < 1.29 is 14.3 Å². The number of ether oxygens (including phenoxy) is 1. The Kier molecular flexibility index (Phi) is 8.58. The Labute approximate surface area is 203 Å². The van der Waals surface area contributed by atoms with E-state index in [1.807, 2.05) is 47.4 Å². The van der Waals surface area contributed by atoms with E-state index < -0.39 is 0 Å². The molecule has 6 nitrogen and oxygen atoms in total. The predicted molar refractivity (Wildman–Crippen MR) is 134 cm³/mol. The highest BCUT2D eigenvalue weighted by Gasteiger charge is 2.31. The summed E-state index contributed by atoms with van der Waals surface area (Å²) in [6.07, 6.45) is 5.20. The minimum atomic E-state index is 0.123. The van der Waals surface area contributed by atoms with Crippen LogP contribution >= 0.6 is 0 Å². The number of benzene rings is 2. The Morgan fingerprint density at radius 1 is 0.882 bits per heavy atom. The van der Waals surface area contributed by atoms with Gasteiger partial charge in [0.1, 0.15) is 5.75 Å². The first-order chi connectivity index (χ1) is 16.6. The summed E-state index contributed by atoms with van der Waals surface area (Å²) in [6, 6.07) is 18.5. The Hall–Kier alpha value is -2.86. The zero-order chi connectivity index (χ0) is 23.8. The molecule has 2 aliphatic heterocycles. The number of rotatable bonds is 8. The van der Waals surface area contributed by atoms with Gasteiger partial charge in [0.25, 0.3) is 0 Å². The monoisotopic (exact) mass is 463 g/mol. The molecule has 0 bridgehead atoms. The quantitative estimate of drug-likeness (QED) is 0.653. The first-order valence-corrected chi connectivity index (χ1v) is 12.6. The smallest absolute Gasteiger partial charge is 0.226 e. The van der Waals surface area contributed by atoms with Crippen LogP contribution in [0.3, 0.4) is 0 Å². The maximum absolute atomic E-state index is 12.7. The van der Waals surface area contributed by atoms with Crippen molar-refractivity contribution in [1.29, 1.82) is 0 Å². The molecule has 2 aliphatic rings. The van der Waals surface area contributed by atoms with E-state index in [-0.39, 0.29) is 17.7 Å². The van der Waals surface area contributed by atoms with Crippen molar-refractivity contribution >= 4 is 11.8 Å². The molecule has 0 unspecified atom stereocenters. The summed E-state index contributed by atoms with van der Waals surface area (Å²) in [6.45, 7) is 4.29. The molecule has 0 radical (unpaired) electrons. The van der Waals surface area contributed by atoms with E-state index in [4.69, 9.17) is 4.74 Å². The van der Waals surface area contributed by atoms with Crippen LogP contribution in [0, 0.1) is 5.92 Å². The molecule has 2 aromatic rings. The SMILES string of the molecule is COc1ccc(CC(=O)N2CCC(N3CCC(C(=O)NCCc4ccccc4)CC3)CC2)cc1. The van der Waals surface area contributed by atoms with Crippen LogP contribution in [-0.2, 0) is 22.4 Å². The second-order valence-corrected chi connectivity index (χ2v) is 9.47. The average Bonchev–Trinajstić information content (AvgIpc) is 2.90. The molecule has 2 amide bonds. The summed E-state index contributed by atoms with van der Waals surface area (Å²) in [7, 11) is 1.65. The lowest BCUT2D eigenvalue weighted by molar-refractivity contribution is -0.132. The molecule has 6 heteroatoms. The zero-order valence-corrected chi connectivity index (χ0v) is 20.2. The summed E-state index contributed by atoms with van der Waals surface area (Å²) in [5.41, 5.74) is 2.28. The predicted octanol–water partition coefficient (Wildman–Crippen LogP) is 3.30. The van der Waals surface area contributed by atoms with Crippen molar-refractivity contribution in [1.82, 2.24) is 15.1 Å². The van der Waals surface area contributed by atoms with Crippen molar-refractivity contribution in [3.63, 3.8) is 0 Å². The van der Waals surface area contributed by atoms with Gasteiger partial charge in [-0.25, -0.2) is 0 Å². The normalized spacial score (nSPS) is 18.0. The molecule has 2 heterocycles. The fraction of sp³-hybridized carbons (Fsp3) is 0.500. The van der Waals surface area contributed by atoms with Gasteiger partial charge >= 0.3 is 0 Å². The average molecular weight is 464 g/mol. The molecule has 4 rings (SSSR count). The van der Waals surface area contributed by atoms with E-state index in [1.54, 1.807) is 7.11 Å². The van der Waals surface area contributed by atoms with Gasteiger partial charge in [0, 0.05) is 31.6 Å². The van der Waals surface area contributed by atoms with Crippen LogP contribution in [-0.4, -0.2) is 67.5 Å². The lowest BCUT2D eigenvalue weighted by Gasteiger charge is -2.41. The van der Waals surface area contributed by atoms with Crippen molar-refractivity contribution in [3.8, 4) is 5.75 Å². The number of amides is 2. The molecule has 2 fully saturated rings. The van der Waals surface area contributed by atoms with Crippen molar-refractivity contribution in [2.45, 2.75) is 44.6 Å². The third-order valence-corrected chi connectivity index (χ3v) is 7.30. The summed E-state index contributed by atoms with van der Waals surface area (Å²) in [4.78, 5) is 29.9. The summed E-state index contributed by atoms with van der Waals surface area (Å²) in [5, 5.41) is 3.13. The summed E-state index contributed by atoms with van der Waals surface area (Å²) < 4.78 is 5.19. The van der Waals surface area contributed by atoms with Gasteiger partial charge in [-0.15, -0.1) is 0 Å². The fourth-order valence-electron chi connectivity index (χ4n) is 5.16. The van der Waals surface area contributed by atoms with Gasteiger partial charge in [-0.2, -0.15) is 0 Å². The molecule has 34 heavy (non-hydrogen) atoms. The molecular weight excluding hydrogens is 426 g/mol. The molecule has 0 aromatic heterocycles. The number of nitrogens with one attached hydrogen (secondary N) is 1. The highest BCUT2D eigenvalue weighted by Crippen LogP contribution is 2.24. The Balaban J connectivity index is 1.14. The first-order valence-electron chi connectivity index (χ1n) is 12.6. The van der Waals surface area contributed by atoms with E-state index in [1.165, 1.54) is 5.56 Å². The highest BCUT2D eigenvalue weighted by molar-refractivity contribution is 5.79. The summed E-state index contributed by atoms with van der Waals surface area (Å²) >= 11 is 0. The van der Waals surface area contributed by atoms with Crippen molar-refractivity contribution in [2.24, 2.45) is 5.92 Å². The standard InChI is InChI=1S/C28H37N3O3/c1-34-26-9-7-23(8-10-26)21-27(32)31-19-14-25(15-20-31)30-17-12-24(13-18-30)28(33)29-16-11-22-5-3-2-4-6-22/h2-10,24-25H,11-21H2,1H3,(H,29,33). The zero-order valence-electron chi connectivity index (χ0n) is 20.2. The molecule has 0 aliphatic carbocycles. The van der Waals surface area contributed by atoms with Gasteiger partial charge in [0.15, 0.2) is 0 Å². The minimum absolute atomic E-state index is 0.123. The van der Waals surface area contributed by atoms with E-state index >= 15 is 0 Å². The fourth-order valence-corrected chi connectivity index (χ4v) is 5.16. The number of likely N-dealkylation sites (tertiary alicyclic amines) is 2. The van der Waals surface area contributed by atoms with Gasteiger partial charge in [-0.05, 0) is 68.5 Å². The van der Waals surface area contributed by atoms with Gasteiger partial charge in [-0.3, -0.25) is 9.59 Å². The lowest BCUT2D eigenvalue weighted by Crippen LogP contribution is -2.50. The molecule has 2 aromatic carbocycles. The summed E-state index contributed by atoms with van der Waals surface area (Å²) in [5.74, 6) is 1.34.